The highest BCUT2D eigenvalue weighted by Crippen LogP contribution is 2.28. The highest BCUT2D eigenvalue weighted by atomic mass is 16.2. The molecule has 3 aromatic rings. The molecule has 0 fully saturated rings. The molecular weight excluding hydrogens is 402 g/mol. The molecule has 0 radical (unpaired) electrons. The molecule has 0 aliphatic heterocycles. The second kappa shape index (κ2) is 9.78. The van der Waals surface area contributed by atoms with E-state index in [2.05, 4.69) is 39.3 Å². The average molecular weight is 432 g/mol. The van der Waals surface area contributed by atoms with Gasteiger partial charge in [-0.15, -0.1) is 0 Å². The number of likely N-dealkylation sites (N-methyl/N-ethyl adjacent to an activating group) is 1. The summed E-state index contributed by atoms with van der Waals surface area (Å²) in [6.07, 6.45) is 3.23. The van der Waals surface area contributed by atoms with E-state index in [1.807, 2.05) is 18.2 Å². The molecule has 7 nitrogen and oxygen atoms in total. The Bertz CT molecular complexity index is 1090. The average Bonchev–Trinajstić information content (AvgIpc) is 3.39. The Morgan fingerprint density at radius 1 is 1.00 bits per heavy atom. The van der Waals surface area contributed by atoms with Gasteiger partial charge < -0.3 is 10.6 Å². The standard InChI is InChI=1S/C25H29N5O2/c1-3-29(17-25(32)27-20-14-12-19(13-15-20)26-18(2)31)16-23-22-10-7-11-24(22)30(28-23)21-8-5-4-6-9-21/h4-6,8-9,12-15H,3,7,10-11,16-17H2,1-2H3,(H,26,31)(H,27,32). The van der Waals surface area contributed by atoms with Gasteiger partial charge in [0.05, 0.1) is 17.9 Å². The number of fused-ring (bicyclic) bond motifs is 1. The lowest BCUT2D eigenvalue weighted by molar-refractivity contribution is -0.117. The number of anilines is 2. The molecular formula is C25H29N5O2. The molecule has 32 heavy (non-hydrogen) atoms. The summed E-state index contributed by atoms with van der Waals surface area (Å²) in [7, 11) is 0. The summed E-state index contributed by atoms with van der Waals surface area (Å²) in [5, 5.41) is 10.6. The van der Waals surface area contributed by atoms with Crippen molar-refractivity contribution in [2.45, 2.75) is 39.7 Å². The van der Waals surface area contributed by atoms with Crippen LogP contribution in [0.5, 0.6) is 0 Å². The molecule has 4 rings (SSSR count). The molecule has 0 bridgehead atoms. The zero-order valence-electron chi connectivity index (χ0n) is 18.6. The van der Waals surface area contributed by atoms with Crippen LogP contribution >= 0.6 is 0 Å². The van der Waals surface area contributed by atoms with Gasteiger partial charge in [-0.2, -0.15) is 5.10 Å². The second-order valence-electron chi connectivity index (χ2n) is 8.08. The maximum Gasteiger partial charge on any atom is 0.238 e. The van der Waals surface area contributed by atoms with E-state index in [0.717, 1.165) is 37.2 Å². The minimum Gasteiger partial charge on any atom is -0.326 e. The first-order chi connectivity index (χ1) is 15.5. The van der Waals surface area contributed by atoms with Gasteiger partial charge in [0.2, 0.25) is 11.8 Å². The zero-order valence-corrected chi connectivity index (χ0v) is 18.6. The van der Waals surface area contributed by atoms with E-state index in [0.29, 0.717) is 17.9 Å². The number of rotatable bonds is 8. The normalized spacial score (nSPS) is 12.6. The highest BCUT2D eigenvalue weighted by Gasteiger charge is 2.24. The lowest BCUT2D eigenvalue weighted by Crippen LogP contribution is -2.33. The summed E-state index contributed by atoms with van der Waals surface area (Å²) in [5.41, 5.74) is 6.19. The minimum atomic E-state index is -0.124. The number of nitrogens with one attached hydrogen (secondary N) is 2. The van der Waals surface area contributed by atoms with Gasteiger partial charge in [-0.3, -0.25) is 14.5 Å². The second-order valence-corrected chi connectivity index (χ2v) is 8.08. The van der Waals surface area contributed by atoms with E-state index < -0.39 is 0 Å². The minimum absolute atomic E-state index is 0.0711. The molecule has 7 heteroatoms. The van der Waals surface area contributed by atoms with Crippen LogP contribution in [0, 0.1) is 0 Å². The van der Waals surface area contributed by atoms with Crippen molar-refractivity contribution in [3.8, 4) is 5.69 Å². The Labute approximate surface area is 188 Å². The summed E-state index contributed by atoms with van der Waals surface area (Å²) in [5.74, 6) is -0.195. The fourth-order valence-corrected chi connectivity index (χ4v) is 4.16. The quantitative estimate of drug-likeness (QED) is 0.569. The van der Waals surface area contributed by atoms with Crippen LogP contribution in [0.3, 0.4) is 0 Å². The van der Waals surface area contributed by atoms with Gasteiger partial charge in [0.15, 0.2) is 0 Å². The van der Waals surface area contributed by atoms with Gasteiger partial charge in [0.25, 0.3) is 0 Å². The van der Waals surface area contributed by atoms with Crippen LogP contribution in [0.15, 0.2) is 54.6 Å². The Morgan fingerprint density at radius 2 is 1.69 bits per heavy atom. The first kappa shape index (κ1) is 21.8. The predicted octanol–water partition coefficient (Wildman–Crippen LogP) is 3.78. The monoisotopic (exact) mass is 431 g/mol. The molecule has 0 saturated heterocycles. The molecule has 1 aromatic heterocycles. The zero-order chi connectivity index (χ0) is 22.5. The van der Waals surface area contributed by atoms with Crippen molar-refractivity contribution in [2.75, 3.05) is 23.7 Å². The molecule has 166 valence electrons. The lowest BCUT2D eigenvalue weighted by atomic mass is 10.2. The number of para-hydroxylation sites is 1. The van der Waals surface area contributed by atoms with Gasteiger partial charge in [-0.1, -0.05) is 25.1 Å². The molecule has 2 N–H and O–H groups in total. The smallest absolute Gasteiger partial charge is 0.238 e. The third-order valence-electron chi connectivity index (χ3n) is 5.69. The van der Waals surface area contributed by atoms with Gasteiger partial charge in [-0.05, 0) is 67.8 Å². The number of nitrogens with zero attached hydrogens (tertiary/aromatic N) is 3. The summed E-state index contributed by atoms with van der Waals surface area (Å²) in [6, 6.07) is 17.4. The van der Waals surface area contributed by atoms with E-state index in [9.17, 15) is 9.59 Å². The number of carbonyl (C=O) groups excluding carboxylic acids is 2. The van der Waals surface area contributed by atoms with Crippen LogP contribution in [-0.4, -0.2) is 39.6 Å². The lowest BCUT2D eigenvalue weighted by Gasteiger charge is -2.19. The van der Waals surface area contributed by atoms with Gasteiger partial charge in [-0.25, -0.2) is 4.68 Å². The number of aromatic nitrogens is 2. The van der Waals surface area contributed by atoms with Crippen molar-refractivity contribution in [3.05, 3.63) is 71.5 Å². The number of carbonyl (C=O) groups is 2. The van der Waals surface area contributed by atoms with Crippen molar-refractivity contribution in [1.29, 1.82) is 0 Å². The van der Waals surface area contributed by atoms with Crippen LogP contribution in [0.2, 0.25) is 0 Å². The molecule has 1 heterocycles. The molecule has 2 aromatic carbocycles. The van der Waals surface area contributed by atoms with E-state index in [4.69, 9.17) is 5.10 Å². The van der Waals surface area contributed by atoms with Crippen LogP contribution in [0.25, 0.3) is 5.69 Å². The van der Waals surface area contributed by atoms with Crippen molar-refractivity contribution < 1.29 is 9.59 Å². The van der Waals surface area contributed by atoms with Crippen LogP contribution < -0.4 is 10.6 Å². The molecule has 0 unspecified atom stereocenters. The Morgan fingerprint density at radius 3 is 2.34 bits per heavy atom. The Kier molecular flexibility index (Phi) is 6.66. The van der Waals surface area contributed by atoms with E-state index >= 15 is 0 Å². The van der Waals surface area contributed by atoms with E-state index in [1.165, 1.54) is 18.2 Å². The van der Waals surface area contributed by atoms with Crippen LogP contribution in [0.1, 0.15) is 37.2 Å². The van der Waals surface area contributed by atoms with Gasteiger partial charge in [0.1, 0.15) is 0 Å². The van der Waals surface area contributed by atoms with Gasteiger partial charge in [0, 0.05) is 30.5 Å². The van der Waals surface area contributed by atoms with Gasteiger partial charge >= 0.3 is 0 Å². The molecule has 0 spiro atoms. The maximum absolute atomic E-state index is 12.6. The first-order valence-corrected chi connectivity index (χ1v) is 11.1. The Balaban J connectivity index is 1.42. The summed E-state index contributed by atoms with van der Waals surface area (Å²) < 4.78 is 2.07. The third kappa shape index (κ3) is 5.06. The summed E-state index contributed by atoms with van der Waals surface area (Å²) in [6.45, 7) is 5.21. The van der Waals surface area contributed by atoms with E-state index in [-0.39, 0.29) is 18.4 Å². The van der Waals surface area contributed by atoms with Crippen molar-refractivity contribution in [1.82, 2.24) is 14.7 Å². The molecule has 0 saturated carbocycles. The molecule has 2 amide bonds. The SMILES string of the molecule is CCN(CC(=O)Nc1ccc(NC(C)=O)cc1)Cc1nn(-c2ccccc2)c2c1CCC2. The molecule has 1 aliphatic rings. The summed E-state index contributed by atoms with van der Waals surface area (Å²) >= 11 is 0. The number of benzene rings is 2. The predicted molar refractivity (Wildman–Crippen MR) is 126 cm³/mol. The number of amides is 2. The highest BCUT2D eigenvalue weighted by molar-refractivity contribution is 5.93. The maximum atomic E-state index is 12.6. The van der Waals surface area contributed by atoms with E-state index in [1.54, 1.807) is 24.3 Å². The first-order valence-electron chi connectivity index (χ1n) is 11.1. The molecule has 0 atom stereocenters. The third-order valence-corrected chi connectivity index (χ3v) is 5.69. The number of hydrogen-bond donors (Lipinski definition) is 2. The number of hydrogen-bond acceptors (Lipinski definition) is 4. The van der Waals surface area contributed by atoms with Crippen molar-refractivity contribution >= 4 is 23.2 Å². The van der Waals surface area contributed by atoms with Crippen molar-refractivity contribution in [2.24, 2.45) is 0 Å². The Hall–Kier alpha value is -3.45. The fraction of sp³-hybridized carbons (Fsp3) is 0.320. The fourth-order valence-electron chi connectivity index (χ4n) is 4.16. The van der Waals surface area contributed by atoms with Crippen LogP contribution in [-0.2, 0) is 29.0 Å². The van der Waals surface area contributed by atoms with Crippen molar-refractivity contribution in [3.63, 3.8) is 0 Å². The molecule has 1 aliphatic carbocycles. The topological polar surface area (TPSA) is 79.3 Å². The summed E-state index contributed by atoms with van der Waals surface area (Å²) in [4.78, 5) is 25.9. The van der Waals surface area contributed by atoms with Crippen LogP contribution in [0.4, 0.5) is 11.4 Å². The largest absolute Gasteiger partial charge is 0.326 e.